The number of carboxylic acid groups (broad SMARTS) is 1. The molecule has 2 N–H and O–H groups in total. The molecule has 1 heterocycles. The Morgan fingerprint density at radius 2 is 1.71 bits per heavy atom. The molecule has 0 radical (unpaired) electrons. The van der Waals surface area contributed by atoms with Gasteiger partial charge in [0.15, 0.2) is 0 Å². The van der Waals surface area contributed by atoms with Gasteiger partial charge in [-0.2, -0.15) is 0 Å². The number of aliphatic carboxylic acids is 1. The summed E-state index contributed by atoms with van der Waals surface area (Å²) < 4.78 is 10.9. The van der Waals surface area contributed by atoms with Crippen molar-refractivity contribution < 1.29 is 29.0 Å². The van der Waals surface area contributed by atoms with Gasteiger partial charge >= 0.3 is 12.1 Å². The van der Waals surface area contributed by atoms with Crippen LogP contribution in [0.15, 0.2) is 48.5 Å². The molecule has 34 heavy (non-hydrogen) atoms. The number of ether oxygens (including phenoxy) is 2. The summed E-state index contributed by atoms with van der Waals surface area (Å²) in [5, 5.41) is 12.1. The van der Waals surface area contributed by atoms with Crippen LogP contribution in [0.2, 0.25) is 0 Å². The Labute approximate surface area is 198 Å². The fraction of sp³-hybridized carbons (Fsp3) is 0.423. The lowest BCUT2D eigenvalue weighted by Gasteiger charge is -2.32. The lowest BCUT2D eigenvalue weighted by atomic mass is 9.98. The van der Waals surface area contributed by atoms with E-state index in [0.29, 0.717) is 13.0 Å². The monoisotopic (exact) mass is 466 g/mol. The molecule has 1 aliphatic carbocycles. The van der Waals surface area contributed by atoms with Gasteiger partial charge in [0, 0.05) is 12.5 Å². The third-order valence-corrected chi connectivity index (χ3v) is 6.56. The van der Waals surface area contributed by atoms with E-state index in [4.69, 9.17) is 9.47 Å². The van der Waals surface area contributed by atoms with Gasteiger partial charge in [0.25, 0.3) is 0 Å². The third-order valence-electron chi connectivity index (χ3n) is 6.56. The minimum Gasteiger partial charge on any atom is -0.481 e. The summed E-state index contributed by atoms with van der Waals surface area (Å²) in [6.07, 6.45) is -0.0247. The van der Waals surface area contributed by atoms with Gasteiger partial charge in [-0.05, 0) is 35.6 Å². The Morgan fingerprint density at radius 1 is 1.09 bits per heavy atom. The third kappa shape index (κ3) is 4.63. The summed E-state index contributed by atoms with van der Waals surface area (Å²) in [5.41, 5.74) is 4.49. The molecule has 0 bridgehead atoms. The molecule has 0 aromatic heterocycles. The molecule has 3 unspecified atom stereocenters. The van der Waals surface area contributed by atoms with E-state index in [1.54, 1.807) is 6.92 Å². The Bertz CT molecular complexity index is 1030. The van der Waals surface area contributed by atoms with Crippen molar-refractivity contribution in [2.75, 3.05) is 26.4 Å². The van der Waals surface area contributed by atoms with Crippen molar-refractivity contribution in [3.63, 3.8) is 0 Å². The van der Waals surface area contributed by atoms with E-state index in [9.17, 15) is 19.5 Å². The van der Waals surface area contributed by atoms with E-state index in [1.165, 1.54) is 4.90 Å². The van der Waals surface area contributed by atoms with Crippen LogP contribution >= 0.6 is 0 Å². The standard InChI is InChI=1S/C26H30N2O6/c1-3-12-28(23-15-33-13-22(23)25(30)31)24(29)16(2)27-26(32)34-14-21-19-10-6-4-8-17(19)18-9-5-7-11-20(18)21/h4-11,16,21-23H,3,12-15H2,1-2H3,(H,27,32)(H,30,31). The van der Waals surface area contributed by atoms with Gasteiger partial charge in [0.2, 0.25) is 5.91 Å². The van der Waals surface area contributed by atoms with Crippen LogP contribution in [0.4, 0.5) is 4.79 Å². The zero-order valence-electron chi connectivity index (χ0n) is 19.4. The van der Waals surface area contributed by atoms with Crippen LogP contribution in [-0.2, 0) is 19.1 Å². The quantitative estimate of drug-likeness (QED) is 0.619. The number of nitrogens with zero attached hydrogens (tertiary/aromatic N) is 1. The van der Waals surface area contributed by atoms with Crippen LogP contribution in [0, 0.1) is 5.92 Å². The van der Waals surface area contributed by atoms with Crippen LogP contribution in [0.1, 0.15) is 37.3 Å². The molecule has 1 saturated heterocycles. The van der Waals surface area contributed by atoms with Crippen molar-refractivity contribution in [2.45, 2.75) is 38.3 Å². The predicted octanol–water partition coefficient (Wildman–Crippen LogP) is 3.25. The Hall–Kier alpha value is -3.39. The van der Waals surface area contributed by atoms with Crippen LogP contribution in [0.5, 0.6) is 0 Å². The fourth-order valence-electron chi connectivity index (χ4n) is 4.89. The molecule has 2 aromatic rings. The minimum absolute atomic E-state index is 0.0711. The van der Waals surface area contributed by atoms with E-state index >= 15 is 0 Å². The van der Waals surface area contributed by atoms with Gasteiger partial charge in [0.1, 0.15) is 18.6 Å². The van der Waals surface area contributed by atoms with Crippen LogP contribution < -0.4 is 5.32 Å². The maximum Gasteiger partial charge on any atom is 0.407 e. The van der Waals surface area contributed by atoms with Crippen molar-refractivity contribution in [1.29, 1.82) is 0 Å². The number of nitrogens with one attached hydrogen (secondary N) is 1. The van der Waals surface area contributed by atoms with Crippen molar-refractivity contribution in [3.8, 4) is 11.1 Å². The number of hydrogen-bond acceptors (Lipinski definition) is 5. The SMILES string of the molecule is CCCN(C(=O)C(C)NC(=O)OCC1c2ccccc2-c2ccccc21)C1COCC1C(=O)O. The Kier molecular flexibility index (Phi) is 7.17. The molecule has 1 aliphatic heterocycles. The van der Waals surface area contributed by atoms with E-state index in [1.807, 2.05) is 43.3 Å². The lowest BCUT2D eigenvalue weighted by Crippen LogP contribution is -2.53. The molecule has 8 nitrogen and oxygen atoms in total. The number of benzene rings is 2. The first-order valence-electron chi connectivity index (χ1n) is 11.6. The van der Waals surface area contributed by atoms with E-state index < -0.39 is 30.1 Å². The highest BCUT2D eigenvalue weighted by Crippen LogP contribution is 2.44. The van der Waals surface area contributed by atoms with E-state index in [-0.39, 0.29) is 31.6 Å². The smallest absolute Gasteiger partial charge is 0.407 e. The largest absolute Gasteiger partial charge is 0.481 e. The second kappa shape index (κ2) is 10.3. The number of carbonyl (C=O) groups excluding carboxylic acids is 2. The molecule has 2 aromatic carbocycles. The second-order valence-corrected chi connectivity index (χ2v) is 8.77. The molecule has 1 fully saturated rings. The lowest BCUT2D eigenvalue weighted by molar-refractivity contribution is -0.145. The summed E-state index contributed by atoms with van der Waals surface area (Å²) in [6.45, 7) is 4.26. The van der Waals surface area contributed by atoms with Gasteiger partial charge in [-0.15, -0.1) is 0 Å². The molecule has 180 valence electrons. The summed E-state index contributed by atoms with van der Waals surface area (Å²) in [7, 11) is 0. The number of alkyl carbamates (subject to hydrolysis) is 1. The van der Waals surface area contributed by atoms with Crippen LogP contribution in [0.25, 0.3) is 11.1 Å². The van der Waals surface area contributed by atoms with Gasteiger partial charge in [-0.3, -0.25) is 9.59 Å². The maximum atomic E-state index is 13.1. The summed E-state index contributed by atoms with van der Waals surface area (Å²) in [4.78, 5) is 38.8. The Balaban J connectivity index is 1.39. The van der Waals surface area contributed by atoms with Gasteiger partial charge in [-0.1, -0.05) is 55.5 Å². The van der Waals surface area contributed by atoms with Gasteiger partial charge in [-0.25, -0.2) is 4.79 Å². The highest BCUT2D eigenvalue weighted by atomic mass is 16.5. The molecular formula is C26H30N2O6. The van der Waals surface area contributed by atoms with Gasteiger partial charge in [0.05, 0.1) is 19.3 Å². The molecular weight excluding hydrogens is 436 g/mol. The predicted molar refractivity (Wildman–Crippen MR) is 125 cm³/mol. The first-order chi connectivity index (χ1) is 16.4. The number of hydrogen-bond donors (Lipinski definition) is 2. The minimum atomic E-state index is -0.992. The van der Waals surface area contributed by atoms with Crippen molar-refractivity contribution in [2.24, 2.45) is 5.92 Å². The summed E-state index contributed by atoms with van der Waals surface area (Å²) in [5.74, 6) is -2.20. The van der Waals surface area contributed by atoms with Crippen LogP contribution in [0.3, 0.4) is 0 Å². The normalized spacial score (nSPS) is 19.7. The molecule has 2 amide bonds. The number of carboxylic acids is 1. The number of fused-ring (bicyclic) bond motifs is 3. The highest BCUT2D eigenvalue weighted by Gasteiger charge is 2.41. The number of rotatable bonds is 8. The van der Waals surface area contributed by atoms with E-state index in [0.717, 1.165) is 22.3 Å². The molecule has 4 rings (SSSR count). The number of amides is 2. The zero-order chi connectivity index (χ0) is 24.2. The summed E-state index contributed by atoms with van der Waals surface area (Å²) >= 11 is 0. The zero-order valence-corrected chi connectivity index (χ0v) is 19.4. The highest BCUT2D eigenvalue weighted by molar-refractivity contribution is 5.86. The first kappa shape index (κ1) is 23.8. The van der Waals surface area contributed by atoms with Crippen molar-refractivity contribution >= 4 is 18.0 Å². The molecule has 0 saturated carbocycles. The topological polar surface area (TPSA) is 105 Å². The Morgan fingerprint density at radius 3 is 2.29 bits per heavy atom. The molecule has 8 heteroatoms. The average molecular weight is 467 g/mol. The molecule has 2 aliphatic rings. The number of carbonyl (C=O) groups is 3. The van der Waals surface area contributed by atoms with Crippen molar-refractivity contribution in [1.82, 2.24) is 10.2 Å². The second-order valence-electron chi connectivity index (χ2n) is 8.77. The van der Waals surface area contributed by atoms with Crippen molar-refractivity contribution in [3.05, 3.63) is 59.7 Å². The fourth-order valence-corrected chi connectivity index (χ4v) is 4.89. The van der Waals surface area contributed by atoms with Gasteiger partial charge < -0.3 is 24.8 Å². The summed E-state index contributed by atoms with van der Waals surface area (Å²) in [6, 6.07) is 14.7. The van der Waals surface area contributed by atoms with Crippen LogP contribution in [-0.4, -0.2) is 66.4 Å². The average Bonchev–Trinajstić information content (AvgIpc) is 3.44. The molecule has 3 atom stereocenters. The molecule has 0 spiro atoms. The first-order valence-corrected chi connectivity index (χ1v) is 11.6. The van der Waals surface area contributed by atoms with E-state index in [2.05, 4.69) is 17.4 Å². The maximum absolute atomic E-state index is 13.1.